The van der Waals surface area contributed by atoms with Crippen molar-refractivity contribution in [3.8, 4) is 0 Å². The normalized spacial score (nSPS) is 23.9. The summed E-state index contributed by atoms with van der Waals surface area (Å²) in [4.78, 5) is 14.2. The maximum absolute atomic E-state index is 12.1. The molecular formula is C14H25NO2. The number of ether oxygens (including phenoxy) is 1. The predicted molar refractivity (Wildman–Crippen MR) is 67.8 cm³/mol. The van der Waals surface area contributed by atoms with Crippen molar-refractivity contribution in [2.75, 3.05) is 19.7 Å². The smallest absolute Gasteiger partial charge is 0.222 e. The summed E-state index contributed by atoms with van der Waals surface area (Å²) in [7, 11) is 0. The van der Waals surface area contributed by atoms with Crippen LogP contribution in [0.1, 0.15) is 51.9 Å². The minimum Gasteiger partial charge on any atom is -0.378 e. The molecular weight excluding hydrogens is 214 g/mol. The molecule has 1 atom stereocenters. The molecule has 1 aliphatic heterocycles. The van der Waals surface area contributed by atoms with Gasteiger partial charge in [0.05, 0.1) is 6.10 Å². The lowest BCUT2D eigenvalue weighted by molar-refractivity contribution is -0.132. The Morgan fingerprint density at radius 3 is 2.76 bits per heavy atom. The van der Waals surface area contributed by atoms with E-state index < -0.39 is 0 Å². The van der Waals surface area contributed by atoms with Crippen LogP contribution >= 0.6 is 0 Å². The Morgan fingerprint density at radius 2 is 2.18 bits per heavy atom. The maximum Gasteiger partial charge on any atom is 0.222 e. The van der Waals surface area contributed by atoms with Gasteiger partial charge in [0.2, 0.25) is 5.91 Å². The zero-order valence-corrected chi connectivity index (χ0v) is 11.0. The molecule has 0 aromatic rings. The summed E-state index contributed by atoms with van der Waals surface area (Å²) in [5, 5.41) is 0. The lowest BCUT2D eigenvalue weighted by Gasteiger charge is -2.22. The average molecular weight is 239 g/mol. The third kappa shape index (κ3) is 4.30. The molecule has 1 heterocycles. The first-order valence-electron chi connectivity index (χ1n) is 7.19. The molecule has 0 aromatic heterocycles. The van der Waals surface area contributed by atoms with Gasteiger partial charge in [0.15, 0.2) is 0 Å². The van der Waals surface area contributed by atoms with Gasteiger partial charge in [0, 0.05) is 26.1 Å². The number of rotatable bonds is 7. The Labute approximate surface area is 105 Å². The van der Waals surface area contributed by atoms with Crippen molar-refractivity contribution in [1.82, 2.24) is 4.90 Å². The summed E-state index contributed by atoms with van der Waals surface area (Å²) in [6, 6.07) is 0. The fourth-order valence-corrected chi connectivity index (χ4v) is 2.51. The van der Waals surface area contributed by atoms with Crippen LogP contribution in [0.25, 0.3) is 0 Å². The Morgan fingerprint density at radius 1 is 1.35 bits per heavy atom. The summed E-state index contributed by atoms with van der Waals surface area (Å²) in [5.74, 6) is 1.14. The van der Waals surface area contributed by atoms with Gasteiger partial charge < -0.3 is 9.64 Å². The van der Waals surface area contributed by atoms with Crippen LogP contribution in [0.3, 0.4) is 0 Å². The minimum absolute atomic E-state index is 0.342. The number of hydrogen-bond acceptors (Lipinski definition) is 2. The van der Waals surface area contributed by atoms with E-state index in [1.807, 2.05) is 0 Å². The molecule has 1 unspecified atom stereocenters. The van der Waals surface area contributed by atoms with E-state index >= 15 is 0 Å². The van der Waals surface area contributed by atoms with Crippen LogP contribution in [0.2, 0.25) is 0 Å². The average Bonchev–Trinajstić information content (AvgIpc) is 2.99. The van der Waals surface area contributed by atoms with E-state index in [0.29, 0.717) is 18.4 Å². The van der Waals surface area contributed by atoms with E-state index in [1.165, 1.54) is 19.3 Å². The van der Waals surface area contributed by atoms with Gasteiger partial charge in [-0.1, -0.05) is 6.92 Å². The number of hydrogen-bond donors (Lipinski definition) is 0. The number of nitrogens with zero attached hydrogens (tertiary/aromatic N) is 1. The summed E-state index contributed by atoms with van der Waals surface area (Å²) < 4.78 is 5.57. The first kappa shape index (κ1) is 12.9. The molecule has 0 radical (unpaired) electrons. The fraction of sp³-hybridized carbons (Fsp3) is 0.929. The van der Waals surface area contributed by atoms with Crippen LogP contribution in [0.4, 0.5) is 0 Å². The van der Waals surface area contributed by atoms with Crippen LogP contribution < -0.4 is 0 Å². The number of carbonyl (C=O) groups excluding carboxylic acids is 1. The van der Waals surface area contributed by atoms with Crippen molar-refractivity contribution in [2.24, 2.45) is 5.92 Å². The topological polar surface area (TPSA) is 29.5 Å². The van der Waals surface area contributed by atoms with E-state index in [-0.39, 0.29) is 0 Å². The van der Waals surface area contributed by atoms with Gasteiger partial charge in [0.1, 0.15) is 0 Å². The fourth-order valence-electron chi connectivity index (χ4n) is 2.51. The second-order valence-corrected chi connectivity index (χ2v) is 5.46. The maximum atomic E-state index is 12.1. The zero-order valence-electron chi connectivity index (χ0n) is 11.0. The highest BCUT2D eigenvalue weighted by Gasteiger charge is 2.26. The van der Waals surface area contributed by atoms with E-state index in [1.54, 1.807) is 0 Å². The van der Waals surface area contributed by atoms with Crippen LogP contribution in [0.5, 0.6) is 0 Å². The summed E-state index contributed by atoms with van der Waals surface area (Å²) in [5.41, 5.74) is 0. The predicted octanol–water partition coefficient (Wildman–Crippen LogP) is 2.59. The molecule has 2 fully saturated rings. The first-order valence-corrected chi connectivity index (χ1v) is 7.19. The second kappa shape index (κ2) is 6.39. The van der Waals surface area contributed by atoms with Crippen LogP contribution in [-0.4, -0.2) is 36.6 Å². The van der Waals surface area contributed by atoms with Gasteiger partial charge in [0.25, 0.3) is 0 Å². The van der Waals surface area contributed by atoms with Gasteiger partial charge in [-0.3, -0.25) is 4.79 Å². The van der Waals surface area contributed by atoms with E-state index in [9.17, 15) is 4.79 Å². The van der Waals surface area contributed by atoms with Crippen molar-refractivity contribution in [3.63, 3.8) is 0 Å². The summed E-state index contributed by atoms with van der Waals surface area (Å²) >= 11 is 0. The molecule has 2 rings (SSSR count). The van der Waals surface area contributed by atoms with Gasteiger partial charge in [-0.2, -0.15) is 0 Å². The molecule has 0 spiro atoms. The third-order valence-corrected chi connectivity index (χ3v) is 3.73. The monoisotopic (exact) mass is 239 g/mol. The molecule has 0 bridgehead atoms. The molecule has 1 saturated heterocycles. The van der Waals surface area contributed by atoms with Gasteiger partial charge in [-0.15, -0.1) is 0 Å². The largest absolute Gasteiger partial charge is 0.378 e. The lowest BCUT2D eigenvalue weighted by atomic mass is 10.1. The molecule has 98 valence electrons. The van der Waals surface area contributed by atoms with Gasteiger partial charge in [-0.25, -0.2) is 0 Å². The number of amides is 1. The molecule has 0 aromatic carbocycles. The highest BCUT2D eigenvalue weighted by molar-refractivity contribution is 5.76. The van der Waals surface area contributed by atoms with Crippen LogP contribution in [0, 0.1) is 5.92 Å². The van der Waals surface area contributed by atoms with E-state index in [4.69, 9.17) is 4.74 Å². The highest BCUT2D eigenvalue weighted by Crippen LogP contribution is 2.30. The molecule has 1 amide bonds. The van der Waals surface area contributed by atoms with Crippen LogP contribution in [0.15, 0.2) is 0 Å². The van der Waals surface area contributed by atoms with Crippen molar-refractivity contribution < 1.29 is 9.53 Å². The Bertz CT molecular complexity index is 245. The molecule has 1 aliphatic carbocycles. The van der Waals surface area contributed by atoms with Gasteiger partial charge >= 0.3 is 0 Å². The molecule has 17 heavy (non-hydrogen) atoms. The lowest BCUT2D eigenvalue weighted by Crippen LogP contribution is -2.34. The summed E-state index contributed by atoms with van der Waals surface area (Å²) in [6.45, 7) is 4.96. The minimum atomic E-state index is 0.342. The summed E-state index contributed by atoms with van der Waals surface area (Å²) in [6.07, 6.45) is 7.96. The quantitative estimate of drug-likeness (QED) is 0.683. The van der Waals surface area contributed by atoms with Crippen molar-refractivity contribution in [3.05, 3.63) is 0 Å². The standard InChI is InChI=1S/C14H25NO2/c1-2-9-15(11-12-5-6-12)14(16)8-7-13-4-3-10-17-13/h12-13H,2-11H2,1H3. The van der Waals surface area contributed by atoms with Crippen molar-refractivity contribution >= 4 is 5.91 Å². The van der Waals surface area contributed by atoms with Crippen molar-refractivity contribution in [2.45, 2.75) is 58.0 Å². The van der Waals surface area contributed by atoms with Crippen molar-refractivity contribution in [1.29, 1.82) is 0 Å². The Balaban J connectivity index is 1.69. The zero-order chi connectivity index (χ0) is 12.1. The second-order valence-electron chi connectivity index (χ2n) is 5.46. The van der Waals surface area contributed by atoms with E-state index in [2.05, 4.69) is 11.8 Å². The molecule has 3 nitrogen and oxygen atoms in total. The Hall–Kier alpha value is -0.570. The number of carbonyl (C=O) groups is 1. The molecule has 2 aliphatic rings. The molecule has 0 N–H and O–H groups in total. The first-order chi connectivity index (χ1) is 8.29. The van der Waals surface area contributed by atoms with Crippen LogP contribution in [-0.2, 0) is 9.53 Å². The highest BCUT2D eigenvalue weighted by atomic mass is 16.5. The SMILES string of the molecule is CCCN(CC1CC1)C(=O)CCC1CCCO1. The molecule has 1 saturated carbocycles. The Kier molecular flexibility index (Phi) is 4.84. The molecule has 3 heteroatoms. The van der Waals surface area contributed by atoms with Gasteiger partial charge in [-0.05, 0) is 44.4 Å². The third-order valence-electron chi connectivity index (χ3n) is 3.73. The van der Waals surface area contributed by atoms with E-state index in [0.717, 1.165) is 44.9 Å².